The minimum Gasteiger partial charge on any atom is -0.497 e. The van der Waals surface area contributed by atoms with Crippen LogP contribution >= 0.6 is 0 Å². The molecule has 0 amide bonds. The number of carbonyl (C=O) groups is 1. The second kappa shape index (κ2) is 7.54. The zero-order chi connectivity index (χ0) is 16.8. The SMILES string of the molecule is COc1cccc(CC(C(=O)O)c2ccc(OC)c(OC)c2)c1. The molecule has 2 aromatic carbocycles. The highest BCUT2D eigenvalue weighted by atomic mass is 16.5. The number of benzene rings is 2. The molecule has 2 rings (SSSR count). The normalized spacial score (nSPS) is 11.6. The first-order chi connectivity index (χ1) is 11.1. The van der Waals surface area contributed by atoms with Crippen LogP contribution in [0.3, 0.4) is 0 Å². The van der Waals surface area contributed by atoms with E-state index in [1.807, 2.05) is 24.3 Å². The Morgan fingerprint density at radius 2 is 1.74 bits per heavy atom. The van der Waals surface area contributed by atoms with Crippen LogP contribution in [0, 0.1) is 0 Å². The highest BCUT2D eigenvalue weighted by molar-refractivity contribution is 5.77. The van der Waals surface area contributed by atoms with Crippen molar-refractivity contribution in [2.45, 2.75) is 12.3 Å². The van der Waals surface area contributed by atoms with Gasteiger partial charge in [-0.05, 0) is 41.8 Å². The summed E-state index contributed by atoms with van der Waals surface area (Å²) in [5.41, 5.74) is 1.56. The molecule has 0 spiro atoms. The second-order valence-corrected chi connectivity index (χ2v) is 5.06. The zero-order valence-electron chi connectivity index (χ0n) is 13.4. The smallest absolute Gasteiger partial charge is 0.311 e. The van der Waals surface area contributed by atoms with Crippen LogP contribution in [0.2, 0.25) is 0 Å². The lowest BCUT2D eigenvalue weighted by molar-refractivity contribution is -0.138. The van der Waals surface area contributed by atoms with Crippen molar-refractivity contribution < 1.29 is 24.1 Å². The third-order valence-electron chi connectivity index (χ3n) is 3.68. The summed E-state index contributed by atoms with van der Waals surface area (Å²) in [6, 6.07) is 12.6. The minimum absolute atomic E-state index is 0.363. The van der Waals surface area contributed by atoms with Crippen LogP contribution in [0.4, 0.5) is 0 Å². The third-order valence-corrected chi connectivity index (χ3v) is 3.68. The lowest BCUT2D eigenvalue weighted by atomic mass is 9.91. The molecule has 1 N–H and O–H groups in total. The molecular formula is C18H20O5. The first kappa shape index (κ1) is 16.7. The summed E-state index contributed by atoms with van der Waals surface area (Å²) in [5.74, 6) is 0.226. The number of aliphatic carboxylic acids is 1. The number of carboxylic acids is 1. The van der Waals surface area contributed by atoms with E-state index in [1.54, 1.807) is 32.4 Å². The predicted octanol–water partition coefficient (Wildman–Crippen LogP) is 3.12. The fraction of sp³-hybridized carbons (Fsp3) is 0.278. The first-order valence-corrected chi connectivity index (χ1v) is 7.16. The van der Waals surface area contributed by atoms with Crippen LogP contribution in [0.5, 0.6) is 17.2 Å². The van der Waals surface area contributed by atoms with E-state index in [4.69, 9.17) is 14.2 Å². The lowest BCUT2D eigenvalue weighted by Crippen LogP contribution is -2.14. The van der Waals surface area contributed by atoms with Gasteiger partial charge < -0.3 is 19.3 Å². The summed E-state index contributed by atoms with van der Waals surface area (Å²) in [7, 11) is 4.66. The summed E-state index contributed by atoms with van der Waals surface area (Å²) >= 11 is 0. The van der Waals surface area contributed by atoms with Gasteiger partial charge in [-0.25, -0.2) is 0 Å². The van der Waals surface area contributed by atoms with Crippen LogP contribution in [-0.4, -0.2) is 32.4 Å². The molecule has 1 unspecified atom stereocenters. The minimum atomic E-state index is -0.889. The van der Waals surface area contributed by atoms with Gasteiger partial charge in [0.05, 0.1) is 27.2 Å². The van der Waals surface area contributed by atoms with E-state index in [0.29, 0.717) is 29.2 Å². The molecule has 0 heterocycles. The Hall–Kier alpha value is -2.69. The number of hydrogen-bond acceptors (Lipinski definition) is 4. The molecule has 2 aromatic rings. The van der Waals surface area contributed by atoms with Gasteiger partial charge in [0.2, 0.25) is 0 Å². The Kier molecular flexibility index (Phi) is 5.46. The maximum atomic E-state index is 11.7. The molecule has 0 saturated carbocycles. The monoisotopic (exact) mass is 316 g/mol. The summed E-state index contributed by atoms with van der Waals surface area (Å²) in [6.45, 7) is 0. The Labute approximate surface area is 135 Å². The lowest BCUT2D eigenvalue weighted by Gasteiger charge is -2.16. The van der Waals surface area contributed by atoms with Crippen molar-refractivity contribution in [2.24, 2.45) is 0 Å². The van der Waals surface area contributed by atoms with Gasteiger partial charge in [-0.1, -0.05) is 18.2 Å². The van der Waals surface area contributed by atoms with E-state index in [-0.39, 0.29) is 0 Å². The summed E-state index contributed by atoms with van der Waals surface area (Å²) < 4.78 is 15.6. The van der Waals surface area contributed by atoms with E-state index in [0.717, 1.165) is 5.56 Å². The molecule has 0 aliphatic heterocycles. The Balaban J connectivity index is 2.33. The molecule has 0 bridgehead atoms. The summed E-state index contributed by atoms with van der Waals surface area (Å²) in [5, 5.41) is 9.60. The zero-order valence-corrected chi connectivity index (χ0v) is 13.4. The van der Waals surface area contributed by atoms with E-state index in [1.165, 1.54) is 7.11 Å². The van der Waals surface area contributed by atoms with Crippen molar-refractivity contribution in [3.63, 3.8) is 0 Å². The van der Waals surface area contributed by atoms with E-state index < -0.39 is 11.9 Å². The molecule has 0 aliphatic carbocycles. The Morgan fingerprint density at radius 3 is 2.35 bits per heavy atom. The topological polar surface area (TPSA) is 65.0 Å². The van der Waals surface area contributed by atoms with Gasteiger partial charge in [0, 0.05) is 0 Å². The van der Waals surface area contributed by atoms with Crippen molar-refractivity contribution in [3.05, 3.63) is 53.6 Å². The van der Waals surface area contributed by atoms with Gasteiger partial charge in [0.25, 0.3) is 0 Å². The van der Waals surface area contributed by atoms with Gasteiger partial charge in [-0.15, -0.1) is 0 Å². The molecule has 122 valence electrons. The maximum Gasteiger partial charge on any atom is 0.311 e. The quantitative estimate of drug-likeness (QED) is 0.850. The van der Waals surface area contributed by atoms with Crippen molar-refractivity contribution in [1.82, 2.24) is 0 Å². The summed E-state index contributed by atoms with van der Waals surface area (Å²) in [4.78, 5) is 11.7. The molecule has 0 radical (unpaired) electrons. The van der Waals surface area contributed by atoms with Crippen LogP contribution in [0.15, 0.2) is 42.5 Å². The second-order valence-electron chi connectivity index (χ2n) is 5.06. The molecule has 1 atom stereocenters. The van der Waals surface area contributed by atoms with Crippen molar-refractivity contribution in [3.8, 4) is 17.2 Å². The van der Waals surface area contributed by atoms with Crippen LogP contribution in [0.25, 0.3) is 0 Å². The fourth-order valence-electron chi connectivity index (χ4n) is 2.45. The van der Waals surface area contributed by atoms with E-state index in [9.17, 15) is 9.90 Å². The molecule has 23 heavy (non-hydrogen) atoms. The molecule has 5 nitrogen and oxygen atoms in total. The first-order valence-electron chi connectivity index (χ1n) is 7.16. The van der Waals surface area contributed by atoms with Gasteiger partial charge in [0.15, 0.2) is 11.5 Å². The average molecular weight is 316 g/mol. The highest BCUT2D eigenvalue weighted by Crippen LogP contribution is 2.32. The van der Waals surface area contributed by atoms with Crippen LogP contribution < -0.4 is 14.2 Å². The summed E-state index contributed by atoms with van der Waals surface area (Å²) in [6.07, 6.45) is 0.363. The van der Waals surface area contributed by atoms with Crippen LogP contribution in [-0.2, 0) is 11.2 Å². The number of ether oxygens (including phenoxy) is 3. The van der Waals surface area contributed by atoms with Crippen LogP contribution in [0.1, 0.15) is 17.0 Å². The molecule has 0 aromatic heterocycles. The molecular weight excluding hydrogens is 296 g/mol. The third kappa shape index (κ3) is 3.94. The molecule has 0 aliphatic rings. The van der Waals surface area contributed by atoms with Crippen molar-refractivity contribution >= 4 is 5.97 Å². The van der Waals surface area contributed by atoms with Gasteiger partial charge in [-0.2, -0.15) is 0 Å². The average Bonchev–Trinajstić information content (AvgIpc) is 2.59. The highest BCUT2D eigenvalue weighted by Gasteiger charge is 2.22. The Morgan fingerprint density at radius 1 is 1.00 bits per heavy atom. The van der Waals surface area contributed by atoms with Gasteiger partial charge >= 0.3 is 5.97 Å². The van der Waals surface area contributed by atoms with E-state index >= 15 is 0 Å². The van der Waals surface area contributed by atoms with E-state index in [2.05, 4.69) is 0 Å². The van der Waals surface area contributed by atoms with Gasteiger partial charge in [0.1, 0.15) is 5.75 Å². The maximum absolute atomic E-state index is 11.7. The molecule has 0 fully saturated rings. The number of rotatable bonds is 7. The number of hydrogen-bond donors (Lipinski definition) is 1. The number of methoxy groups -OCH3 is 3. The molecule has 5 heteroatoms. The fourth-order valence-corrected chi connectivity index (χ4v) is 2.45. The largest absolute Gasteiger partial charge is 0.497 e. The number of carboxylic acid groups (broad SMARTS) is 1. The predicted molar refractivity (Wildman–Crippen MR) is 86.6 cm³/mol. The molecule has 0 saturated heterocycles. The Bertz CT molecular complexity index is 681. The van der Waals surface area contributed by atoms with Crippen molar-refractivity contribution in [2.75, 3.05) is 21.3 Å². The standard InChI is InChI=1S/C18H20O5/c1-21-14-6-4-5-12(9-14)10-15(18(19)20)13-7-8-16(22-2)17(11-13)23-3/h4-9,11,15H,10H2,1-3H3,(H,19,20). The van der Waals surface area contributed by atoms with Gasteiger partial charge in [-0.3, -0.25) is 4.79 Å². The van der Waals surface area contributed by atoms with Crippen molar-refractivity contribution in [1.29, 1.82) is 0 Å².